The second kappa shape index (κ2) is 6.81. The molecule has 0 spiro atoms. The molecule has 0 aromatic carbocycles. The van der Waals surface area contributed by atoms with Gasteiger partial charge in [-0.3, -0.25) is 4.98 Å². The van der Waals surface area contributed by atoms with Crippen molar-refractivity contribution in [3.8, 4) is 17.3 Å². The van der Waals surface area contributed by atoms with Crippen molar-refractivity contribution in [2.45, 2.75) is 19.4 Å². The molecule has 2 N–H and O–H groups in total. The van der Waals surface area contributed by atoms with E-state index in [1.807, 2.05) is 25.1 Å². The van der Waals surface area contributed by atoms with E-state index in [1.54, 1.807) is 19.5 Å². The van der Waals surface area contributed by atoms with Crippen LogP contribution < -0.4 is 10.1 Å². The molecule has 0 saturated heterocycles. The van der Waals surface area contributed by atoms with E-state index in [-0.39, 0.29) is 12.6 Å². The number of aromatic nitrogens is 3. The summed E-state index contributed by atoms with van der Waals surface area (Å²) < 4.78 is 5.24. The van der Waals surface area contributed by atoms with Gasteiger partial charge in [0.15, 0.2) is 17.4 Å². The average molecular weight is 274 g/mol. The lowest BCUT2D eigenvalue weighted by Gasteiger charge is -2.16. The van der Waals surface area contributed by atoms with Crippen LogP contribution in [0, 0.1) is 0 Å². The van der Waals surface area contributed by atoms with E-state index in [0.29, 0.717) is 29.5 Å². The van der Waals surface area contributed by atoms with Gasteiger partial charge >= 0.3 is 0 Å². The lowest BCUT2D eigenvalue weighted by atomic mass is 10.2. The number of anilines is 1. The summed E-state index contributed by atoms with van der Waals surface area (Å²) in [6.07, 6.45) is 3.95. The van der Waals surface area contributed by atoms with E-state index >= 15 is 0 Å². The summed E-state index contributed by atoms with van der Waals surface area (Å²) in [5.41, 5.74) is 0.702. The van der Waals surface area contributed by atoms with Crippen LogP contribution in [0.25, 0.3) is 11.5 Å². The zero-order valence-corrected chi connectivity index (χ0v) is 11.6. The topological polar surface area (TPSA) is 80.2 Å². The fourth-order valence-electron chi connectivity index (χ4n) is 1.74. The van der Waals surface area contributed by atoms with Crippen molar-refractivity contribution in [1.82, 2.24) is 15.0 Å². The van der Waals surface area contributed by atoms with Gasteiger partial charge < -0.3 is 15.2 Å². The molecule has 0 fully saturated rings. The molecule has 106 valence electrons. The molecule has 0 aliphatic carbocycles. The number of aliphatic hydroxyl groups excluding tert-OH is 1. The highest BCUT2D eigenvalue weighted by atomic mass is 16.5. The summed E-state index contributed by atoms with van der Waals surface area (Å²) in [7, 11) is 1.57. The number of hydrogen-bond donors (Lipinski definition) is 2. The van der Waals surface area contributed by atoms with Crippen LogP contribution in [0.5, 0.6) is 5.75 Å². The van der Waals surface area contributed by atoms with Gasteiger partial charge in [0.25, 0.3) is 0 Å². The number of aliphatic hydroxyl groups is 1. The van der Waals surface area contributed by atoms with E-state index in [0.717, 1.165) is 0 Å². The highest BCUT2D eigenvalue weighted by Crippen LogP contribution is 2.24. The fourth-order valence-corrected chi connectivity index (χ4v) is 1.74. The number of rotatable bonds is 6. The van der Waals surface area contributed by atoms with Gasteiger partial charge in [-0.05, 0) is 25.5 Å². The van der Waals surface area contributed by atoms with Gasteiger partial charge in [0, 0.05) is 18.8 Å². The molecular formula is C14H18N4O2. The maximum absolute atomic E-state index is 8.96. The number of pyridine rings is 1. The molecule has 6 nitrogen and oxygen atoms in total. The molecule has 0 unspecified atom stereocenters. The van der Waals surface area contributed by atoms with Crippen LogP contribution in [0.1, 0.15) is 13.3 Å². The molecule has 2 heterocycles. The molecule has 0 saturated carbocycles. The van der Waals surface area contributed by atoms with Crippen LogP contribution in [0.2, 0.25) is 0 Å². The van der Waals surface area contributed by atoms with Gasteiger partial charge in [0.1, 0.15) is 5.69 Å². The van der Waals surface area contributed by atoms with Crippen LogP contribution in [0.4, 0.5) is 5.82 Å². The first kappa shape index (κ1) is 14.2. The van der Waals surface area contributed by atoms with Crippen molar-refractivity contribution >= 4 is 5.82 Å². The molecule has 20 heavy (non-hydrogen) atoms. The smallest absolute Gasteiger partial charge is 0.180 e. The largest absolute Gasteiger partial charge is 0.491 e. The Labute approximate surface area is 117 Å². The van der Waals surface area contributed by atoms with Gasteiger partial charge in [-0.25, -0.2) is 9.97 Å². The first-order valence-corrected chi connectivity index (χ1v) is 6.44. The maximum atomic E-state index is 8.96. The number of hydrogen-bond acceptors (Lipinski definition) is 6. The predicted octanol–water partition coefficient (Wildman–Crippen LogP) is 1.73. The van der Waals surface area contributed by atoms with Crippen LogP contribution in [-0.2, 0) is 0 Å². The third-order valence-corrected chi connectivity index (χ3v) is 2.81. The van der Waals surface area contributed by atoms with E-state index in [2.05, 4.69) is 20.3 Å². The van der Waals surface area contributed by atoms with E-state index < -0.39 is 0 Å². The minimum atomic E-state index is 0.0837. The molecule has 1 atom stereocenters. The summed E-state index contributed by atoms with van der Waals surface area (Å²) in [4.78, 5) is 12.9. The summed E-state index contributed by atoms with van der Waals surface area (Å²) >= 11 is 0. The summed E-state index contributed by atoms with van der Waals surface area (Å²) in [6.45, 7) is 2.09. The number of ether oxygens (including phenoxy) is 1. The molecule has 2 aromatic rings. The third kappa shape index (κ3) is 3.42. The van der Waals surface area contributed by atoms with Crippen LogP contribution in [-0.4, -0.2) is 39.8 Å². The highest BCUT2D eigenvalue weighted by Gasteiger charge is 2.12. The van der Waals surface area contributed by atoms with Crippen molar-refractivity contribution in [2.75, 3.05) is 19.0 Å². The normalized spacial score (nSPS) is 11.9. The van der Waals surface area contributed by atoms with Gasteiger partial charge in [-0.15, -0.1) is 0 Å². The minimum absolute atomic E-state index is 0.0837. The van der Waals surface area contributed by atoms with Crippen molar-refractivity contribution < 1.29 is 9.84 Å². The molecule has 2 rings (SSSR count). The number of methoxy groups -OCH3 is 1. The zero-order chi connectivity index (χ0) is 14.4. The SMILES string of the molecule is COc1cnc(-c2ccccn2)nc1N[C@H](C)CCO. The second-order valence-electron chi connectivity index (χ2n) is 4.38. The van der Waals surface area contributed by atoms with Gasteiger partial charge in [-0.1, -0.05) is 6.07 Å². The second-order valence-corrected chi connectivity index (χ2v) is 4.38. The predicted molar refractivity (Wildman–Crippen MR) is 76.6 cm³/mol. The molecule has 6 heteroatoms. The van der Waals surface area contributed by atoms with E-state index in [1.165, 1.54) is 0 Å². The standard InChI is InChI=1S/C14H18N4O2/c1-10(6-8-19)17-14-12(20-2)9-16-13(18-14)11-5-3-4-7-15-11/h3-5,7,9-10,19H,6,8H2,1-2H3,(H,16,17,18)/t10-/m1/s1. The average Bonchev–Trinajstić information content (AvgIpc) is 2.48. The molecule has 0 bridgehead atoms. The number of nitrogens with one attached hydrogen (secondary N) is 1. The molecular weight excluding hydrogens is 256 g/mol. The molecule has 0 amide bonds. The van der Waals surface area contributed by atoms with E-state index in [4.69, 9.17) is 9.84 Å². The summed E-state index contributed by atoms with van der Waals surface area (Å²) in [5.74, 6) is 1.70. The Balaban J connectivity index is 2.29. The lowest BCUT2D eigenvalue weighted by Crippen LogP contribution is -2.18. The molecule has 0 aliphatic heterocycles. The Morgan fingerprint density at radius 1 is 1.35 bits per heavy atom. The van der Waals surface area contributed by atoms with Crippen molar-refractivity contribution in [2.24, 2.45) is 0 Å². The van der Waals surface area contributed by atoms with Crippen LogP contribution in [0.15, 0.2) is 30.6 Å². The Kier molecular flexibility index (Phi) is 4.84. The zero-order valence-electron chi connectivity index (χ0n) is 11.6. The summed E-state index contributed by atoms with van der Waals surface area (Å²) in [6, 6.07) is 5.66. The fraction of sp³-hybridized carbons (Fsp3) is 0.357. The van der Waals surface area contributed by atoms with Crippen LogP contribution in [0.3, 0.4) is 0 Å². The van der Waals surface area contributed by atoms with E-state index in [9.17, 15) is 0 Å². The Morgan fingerprint density at radius 3 is 2.85 bits per heavy atom. The molecule has 0 aliphatic rings. The summed E-state index contributed by atoms with van der Waals surface area (Å²) in [5, 5.41) is 12.2. The Hall–Kier alpha value is -2.21. The van der Waals surface area contributed by atoms with Crippen molar-refractivity contribution in [3.63, 3.8) is 0 Å². The third-order valence-electron chi connectivity index (χ3n) is 2.81. The van der Waals surface area contributed by atoms with Crippen molar-refractivity contribution in [3.05, 3.63) is 30.6 Å². The Bertz CT molecular complexity index is 548. The minimum Gasteiger partial charge on any atom is -0.491 e. The van der Waals surface area contributed by atoms with Crippen molar-refractivity contribution in [1.29, 1.82) is 0 Å². The molecule has 0 radical (unpaired) electrons. The first-order valence-electron chi connectivity index (χ1n) is 6.44. The van der Waals surface area contributed by atoms with Gasteiger partial charge in [0.2, 0.25) is 0 Å². The number of nitrogens with zero attached hydrogens (tertiary/aromatic N) is 3. The lowest BCUT2D eigenvalue weighted by molar-refractivity contribution is 0.282. The maximum Gasteiger partial charge on any atom is 0.180 e. The quantitative estimate of drug-likeness (QED) is 0.835. The highest BCUT2D eigenvalue weighted by molar-refractivity contribution is 5.57. The van der Waals surface area contributed by atoms with Crippen LogP contribution >= 0.6 is 0 Å². The molecule has 2 aromatic heterocycles. The monoisotopic (exact) mass is 274 g/mol. The Morgan fingerprint density at radius 2 is 2.20 bits per heavy atom. The van der Waals surface area contributed by atoms with Gasteiger partial charge in [-0.2, -0.15) is 0 Å². The van der Waals surface area contributed by atoms with Gasteiger partial charge in [0.05, 0.1) is 13.3 Å². The first-order chi connectivity index (χ1) is 9.74.